The van der Waals surface area contributed by atoms with Crippen molar-refractivity contribution in [3.63, 3.8) is 0 Å². The number of ether oxygens (including phenoxy) is 2. The molecule has 2 aromatic rings. The zero-order chi connectivity index (χ0) is 21.0. The summed E-state index contributed by atoms with van der Waals surface area (Å²) in [5.41, 5.74) is 0.330. The number of morpholine rings is 1. The van der Waals surface area contributed by atoms with Gasteiger partial charge in [0, 0.05) is 18.0 Å². The highest BCUT2D eigenvalue weighted by Gasteiger charge is 2.28. The summed E-state index contributed by atoms with van der Waals surface area (Å²) in [5.74, 6) is -1.29. The van der Waals surface area contributed by atoms with Crippen LogP contribution in [0.15, 0.2) is 40.6 Å². The molecule has 11 heteroatoms. The van der Waals surface area contributed by atoms with E-state index in [1.165, 1.54) is 46.8 Å². The van der Waals surface area contributed by atoms with Crippen LogP contribution in [0.1, 0.15) is 10.4 Å². The average molecular weight is 445 g/mol. The fourth-order valence-corrected chi connectivity index (χ4v) is 5.54. The Bertz CT molecular complexity index is 996. The first-order valence-corrected chi connectivity index (χ1v) is 10.7. The second kappa shape index (κ2) is 8.99. The molecule has 1 N–H and O–H groups in total. The van der Waals surface area contributed by atoms with Crippen molar-refractivity contribution in [1.29, 1.82) is 0 Å². The minimum atomic E-state index is -3.73. The molecule has 1 saturated heterocycles. The number of carboxylic acids is 1. The van der Waals surface area contributed by atoms with Crippen LogP contribution >= 0.6 is 11.3 Å². The SMILES string of the molecule is O=C(O)C(=Cc1ccc(OC(F)F)cc1)c1ccc(S(=O)(=O)N2CCOCC2)s1. The van der Waals surface area contributed by atoms with Gasteiger partial charge in [-0.25, -0.2) is 13.2 Å². The van der Waals surface area contributed by atoms with E-state index in [1.807, 2.05) is 0 Å². The number of rotatable bonds is 7. The largest absolute Gasteiger partial charge is 0.478 e. The molecule has 0 bridgehead atoms. The Kier molecular flexibility index (Phi) is 6.63. The van der Waals surface area contributed by atoms with Crippen LogP contribution in [0.5, 0.6) is 5.75 Å². The molecule has 0 saturated carbocycles. The molecular formula is C18H17F2NO6S2. The summed E-state index contributed by atoms with van der Waals surface area (Å²) >= 11 is 0.857. The molecule has 156 valence electrons. The first-order valence-electron chi connectivity index (χ1n) is 8.45. The molecular weight excluding hydrogens is 428 g/mol. The molecule has 0 atom stereocenters. The number of sulfonamides is 1. The lowest BCUT2D eigenvalue weighted by Gasteiger charge is -2.25. The molecule has 0 amide bonds. The fraction of sp³-hybridized carbons (Fsp3) is 0.278. The summed E-state index contributed by atoms with van der Waals surface area (Å²) in [4.78, 5) is 12.0. The number of carbonyl (C=O) groups is 1. The molecule has 0 radical (unpaired) electrons. The second-order valence-electron chi connectivity index (χ2n) is 5.95. The van der Waals surface area contributed by atoms with Crippen LogP contribution in [0.3, 0.4) is 0 Å². The Morgan fingerprint density at radius 1 is 1.17 bits per heavy atom. The van der Waals surface area contributed by atoms with Crippen molar-refractivity contribution in [1.82, 2.24) is 4.31 Å². The Morgan fingerprint density at radius 3 is 2.41 bits per heavy atom. The van der Waals surface area contributed by atoms with Gasteiger partial charge in [-0.2, -0.15) is 13.1 Å². The van der Waals surface area contributed by atoms with E-state index in [-0.39, 0.29) is 33.5 Å². The van der Waals surface area contributed by atoms with E-state index in [0.29, 0.717) is 18.8 Å². The Hall–Kier alpha value is -2.34. The molecule has 0 aliphatic carbocycles. The number of benzene rings is 1. The molecule has 1 aromatic carbocycles. The number of carboxylic acid groups (broad SMARTS) is 1. The van der Waals surface area contributed by atoms with E-state index in [4.69, 9.17) is 4.74 Å². The first kappa shape index (κ1) is 21.4. The quantitative estimate of drug-likeness (QED) is 0.659. The lowest BCUT2D eigenvalue weighted by atomic mass is 10.1. The zero-order valence-corrected chi connectivity index (χ0v) is 16.6. The highest BCUT2D eigenvalue weighted by Crippen LogP contribution is 2.31. The summed E-state index contributed by atoms with van der Waals surface area (Å²) in [6.45, 7) is -1.86. The molecule has 7 nitrogen and oxygen atoms in total. The summed E-state index contributed by atoms with van der Waals surface area (Å²) in [7, 11) is -3.73. The van der Waals surface area contributed by atoms with Crippen molar-refractivity contribution >= 4 is 39.0 Å². The van der Waals surface area contributed by atoms with Crippen molar-refractivity contribution in [3.8, 4) is 5.75 Å². The van der Waals surface area contributed by atoms with Gasteiger partial charge >= 0.3 is 12.6 Å². The highest BCUT2D eigenvalue weighted by molar-refractivity contribution is 7.91. The minimum Gasteiger partial charge on any atom is -0.478 e. The number of halogens is 2. The second-order valence-corrected chi connectivity index (χ2v) is 9.19. The molecule has 1 aliphatic rings. The van der Waals surface area contributed by atoms with E-state index in [0.717, 1.165) is 11.3 Å². The van der Waals surface area contributed by atoms with Crippen LogP contribution in [-0.4, -0.2) is 56.7 Å². The lowest BCUT2D eigenvalue weighted by Crippen LogP contribution is -2.40. The van der Waals surface area contributed by atoms with Gasteiger partial charge in [-0.05, 0) is 35.9 Å². The van der Waals surface area contributed by atoms with Gasteiger partial charge in [0.1, 0.15) is 9.96 Å². The van der Waals surface area contributed by atoms with Crippen molar-refractivity contribution in [3.05, 3.63) is 46.8 Å². The maximum Gasteiger partial charge on any atom is 0.387 e. The van der Waals surface area contributed by atoms with E-state index in [1.54, 1.807) is 0 Å². The number of thiophene rings is 1. The molecule has 0 unspecified atom stereocenters. The predicted molar refractivity (Wildman–Crippen MR) is 102 cm³/mol. The van der Waals surface area contributed by atoms with Crippen LogP contribution in [0.25, 0.3) is 11.6 Å². The van der Waals surface area contributed by atoms with Crippen LogP contribution in [0.2, 0.25) is 0 Å². The van der Waals surface area contributed by atoms with Gasteiger partial charge in [0.05, 0.1) is 18.8 Å². The topological polar surface area (TPSA) is 93.1 Å². The van der Waals surface area contributed by atoms with Gasteiger partial charge in [-0.15, -0.1) is 11.3 Å². The molecule has 0 spiro atoms. The van der Waals surface area contributed by atoms with Crippen molar-refractivity contribution in [2.45, 2.75) is 10.8 Å². The highest BCUT2D eigenvalue weighted by atomic mass is 32.2. The van der Waals surface area contributed by atoms with Gasteiger partial charge in [0.25, 0.3) is 10.0 Å². The van der Waals surface area contributed by atoms with Crippen molar-refractivity contribution < 1.29 is 36.6 Å². The van der Waals surface area contributed by atoms with Crippen molar-refractivity contribution in [2.24, 2.45) is 0 Å². The Morgan fingerprint density at radius 2 is 1.83 bits per heavy atom. The molecule has 3 rings (SSSR count). The monoisotopic (exact) mass is 445 g/mol. The third-order valence-corrected chi connectivity index (χ3v) is 7.54. The third-order valence-electron chi connectivity index (χ3n) is 4.06. The number of hydrogen-bond acceptors (Lipinski definition) is 6. The zero-order valence-electron chi connectivity index (χ0n) is 15.0. The van der Waals surface area contributed by atoms with Gasteiger partial charge in [-0.1, -0.05) is 12.1 Å². The molecule has 1 aromatic heterocycles. The van der Waals surface area contributed by atoms with E-state index in [2.05, 4.69) is 4.74 Å². The summed E-state index contributed by atoms with van der Waals surface area (Å²) in [6, 6.07) is 8.26. The smallest absolute Gasteiger partial charge is 0.387 e. The standard InChI is InChI=1S/C18H17F2NO6S2/c19-18(20)27-13-3-1-12(2-4-13)11-14(17(22)23)15-5-6-16(28-15)29(24,25)21-7-9-26-10-8-21/h1-6,11,18H,7-10H2,(H,22,23). The number of alkyl halides is 2. The van der Waals surface area contributed by atoms with Gasteiger partial charge in [0.2, 0.25) is 0 Å². The van der Waals surface area contributed by atoms with Crippen LogP contribution < -0.4 is 4.74 Å². The maximum atomic E-state index is 12.7. The summed E-state index contributed by atoms with van der Waals surface area (Å²) in [6.07, 6.45) is 1.34. The number of hydrogen-bond donors (Lipinski definition) is 1. The van der Waals surface area contributed by atoms with E-state index < -0.39 is 22.6 Å². The molecule has 1 fully saturated rings. The van der Waals surface area contributed by atoms with Gasteiger partial charge < -0.3 is 14.6 Å². The van der Waals surface area contributed by atoms with Gasteiger partial charge in [0.15, 0.2) is 0 Å². The van der Waals surface area contributed by atoms with E-state index in [9.17, 15) is 27.1 Å². The average Bonchev–Trinajstić information content (AvgIpc) is 3.18. The lowest BCUT2D eigenvalue weighted by molar-refractivity contribution is -0.130. The number of aliphatic carboxylic acids is 1. The Labute approximate surface area is 169 Å². The van der Waals surface area contributed by atoms with Crippen LogP contribution in [0, 0.1) is 0 Å². The Balaban J connectivity index is 1.87. The third kappa shape index (κ3) is 5.18. The maximum absolute atomic E-state index is 12.7. The molecule has 1 aliphatic heterocycles. The fourth-order valence-electron chi connectivity index (χ4n) is 2.67. The van der Waals surface area contributed by atoms with E-state index >= 15 is 0 Å². The summed E-state index contributed by atoms with van der Waals surface area (Å²) in [5, 5.41) is 9.56. The van der Waals surface area contributed by atoms with Crippen LogP contribution in [0.4, 0.5) is 8.78 Å². The summed E-state index contributed by atoms with van der Waals surface area (Å²) < 4.78 is 60.6. The first-order chi connectivity index (χ1) is 13.8. The van der Waals surface area contributed by atoms with Crippen LogP contribution in [-0.2, 0) is 19.6 Å². The predicted octanol–water partition coefficient (Wildman–Crippen LogP) is 3.00. The van der Waals surface area contributed by atoms with Gasteiger partial charge in [-0.3, -0.25) is 0 Å². The molecule has 29 heavy (non-hydrogen) atoms. The number of nitrogens with zero attached hydrogens (tertiary/aromatic N) is 1. The van der Waals surface area contributed by atoms with Crippen molar-refractivity contribution in [2.75, 3.05) is 26.3 Å². The molecule has 2 heterocycles. The minimum absolute atomic E-state index is 0.0437. The normalized spacial score (nSPS) is 16.2.